The average Bonchev–Trinajstić information content (AvgIpc) is 2.52. The number of methoxy groups -OCH3 is 1. The van der Waals surface area contributed by atoms with Crippen LogP contribution in [0.4, 0.5) is 0 Å². The molecule has 2 aromatic rings. The summed E-state index contributed by atoms with van der Waals surface area (Å²) in [5.41, 5.74) is 2.28. The summed E-state index contributed by atoms with van der Waals surface area (Å²) in [5, 5.41) is 20.0. The smallest absolute Gasteiger partial charge is 0.136 e. The minimum Gasteiger partial charge on any atom is -0.507 e. The van der Waals surface area contributed by atoms with E-state index in [9.17, 15) is 10.2 Å². The summed E-state index contributed by atoms with van der Waals surface area (Å²) in [5.74, 6) is 0.542. The number of phenolic OH excluding ortho intramolecular Hbond substituents is 2. The van der Waals surface area contributed by atoms with Gasteiger partial charge in [0, 0.05) is 25.2 Å². The Balaban J connectivity index is 2.08. The first kappa shape index (κ1) is 13.8. The van der Waals surface area contributed by atoms with Crippen LogP contribution in [-0.2, 0) is 4.74 Å². The summed E-state index contributed by atoms with van der Waals surface area (Å²) in [4.78, 5) is 0. The molecule has 1 unspecified atom stereocenters. The van der Waals surface area contributed by atoms with Gasteiger partial charge in [-0.25, -0.2) is 0 Å². The zero-order valence-corrected chi connectivity index (χ0v) is 12.0. The molecular weight excluding hydrogens is 268 g/mol. The van der Waals surface area contributed by atoms with Gasteiger partial charge in [0.15, 0.2) is 0 Å². The second-order valence-corrected chi connectivity index (χ2v) is 5.26. The van der Waals surface area contributed by atoms with Crippen LogP contribution in [0.5, 0.6) is 17.2 Å². The van der Waals surface area contributed by atoms with Gasteiger partial charge in [0.25, 0.3) is 0 Å². The van der Waals surface area contributed by atoms with Gasteiger partial charge in [-0.05, 0) is 12.5 Å². The maximum Gasteiger partial charge on any atom is 0.136 e. The molecule has 0 amide bonds. The lowest BCUT2D eigenvalue weighted by Crippen LogP contribution is -2.21. The average molecular weight is 286 g/mol. The molecule has 1 heterocycles. The van der Waals surface area contributed by atoms with Crippen molar-refractivity contribution >= 4 is 0 Å². The monoisotopic (exact) mass is 286 g/mol. The fourth-order valence-corrected chi connectivity index (χ4v) is 2.80. The number of rotatable bonds is 2. The normalized spacial score (nSPS) is 20.7. The van der Waals surface area contributed by atoms with E-state index >= 15 is 0 Å². The third-order valence-electron chi connectivity index (χ3n) is 3.98. The van der Waals surface area contributed by atoms with Crippen molar-refractivity contribution in [2.75, 3.05) is 7.11 Å². The van der Waals surface area contributed by atoms with Crippen LogP contribution in [0.1, 0.15) is 35.3 Å². The number of aromatic hydroxyl groups is 2. The Labute approximate surface area is 123 Å². The lowest BCUT2D eigenvalue weighted by Gasteiger charge is -2.33. The van der Waals surface area contributed by atoms with Crippen LogP contribution in [0.2, 0.25) is 0 Å². The van der Waals surface area contributed by atoms with Crippen molar-refractivity contribution < 1.29 is 19.7 Å². The van der Waals surface area contributed by atoms with E-state index in [4.69, 9.17) is 9.47 Å². The van der Waals surface area contributed by atoms with Crippen molar-refractivity contribution in [1.29, 1.82) is 0 Å². The predicted molar refractivity (Wildman–Crippen MR) is 78.7 cm³/mol. The first-order chi connectivity index (χ1) is 10.1. The van der Waals surface area contributed by atoms with Gasteiger partial charge in [0.1, 0.15) is 23.4 Å². The fourth-order valence-electron chi connectivity index (χ4n) is 2.80. The molecule has 0 bridgehead atoms. The van der Waals surface area contributed by atoms with Crippen molar-refractivity contribution in [3.05, 3.63) is 53.1 Å². The molecule has 0 fully saturated rings. The first-order valence-corrected chi connectivity index (χ1v) is 6.91. The van der Waals surface area contributed by atoms with Crippen molar-refractivity contribution in [2.24, 2.45) is 0 Å². The van der Waals surface area contributed by atoms with Crippen LogP contribution in [0.15, 0.2) is 36.4 Å². The Morgan fingerprint density at radius 3 is 2.52 bits per heavy atom. The van der Waals surface area contributed by atoms with Gasteiger partial charge >= 0.3 is 0 Å². The summed E-state index contributed by atoms with van der Waals surface area (Å²) >= 11 is 0. The van der Waals surface area contributed by atoms with Crippen LogP contribution in [0.25, 0.3) is 0 Å². The van der Waals surface area contributed by atoms with E-state index in [0.717, 1.165) is 5.56 Å². The molecule has 2 N–H and O–H groups in total. The van der Waals surface area contributed by atoms with Crippen LogP contribution >= 0.6 is 0 Å². The van der Waals surface area contributed by atoms with Gasteiger partial charge in [-0.1, -0.05) is 30.3 Å². The van der Waals surface area contributed by atoms with Crippen molar-refractivity contribution in [3.8, 4) is 17.2 Å². The molecule has 0 aliphatic carbocycles. The molecule has 0 aromatic heterocycles. The number of hydrogen-bond donors (Lipinski definition) is 2. The Morgan fingerprint density at radius 1 is 1.14 bits per heavy atom. The highest BCUT2D eigenvalue weighted by molar-refractivity contribution is 5.57. The Bertz CT molecular complexity index is 652. The van der Waals surface area contributed by atoms with E-state index in [1.54, 1.807) is 14.0 Å². The highest BCUT2D eigenvalue weighted by Gasteiger charge is 2.33. The summed E-state index contributed by atoms with van der Waals surface area (Å²) in [6, 6.07) is 11.2. The molecular formula is C17H18O4. The number of benzene rings is 2. The second-order valence-electron chi connectivity index (χ2n) is 5.26. The molecule has 1 aliphatic heterocycles. The topological polar surface area (TPSA) is 58.9 Å². The summed E-state index contributed by atoms with van der Waals surface area (Å²) in [7, 11) is 1.61. The number of hydrogen-bond acceptors (Lipinski definition) is 4. The highest BCUT2D eigenvalue weighted by Crippen LogP contribution is 2.50. The molecule has 2 aromatic carbocycles. The van der Waals surface area contributed by atoms with Gasteiger partial charge in [0.2, 0.25) is 0 Å². The van der Waals surface area contributed by atoms with Gasteiger partial charge in [0.05, 0.1) is 11.7 Å². The van der Waals surface area contributed by atoms with E-state index in [2.05, 4.69) is 0 Å². The standard InChI is InChI=1S/C17H18O4/c1-10-12(18)8-13(19)16-15(20-2)9-14(21-17(10)16)11-6-4-3-5-7-11/h3-8,14-15,18-19H,9H2,1-2H3/t14-,15?/m1/s1. The van der Waals surface area contributed by atoms with E-state index < -0.39 is 0 Å². The molecule has 2 atom stereocenters. The van der Waals surface area contributed by atoms with Crippen LogP contribution in [-0.4, -0.2) is 17.3 Å². The van der Waals surface area contributed by atoms with Gasteiger partial charge < -0.3 is 19.7 Å². The molecule has 4 heteroatoms. The summed E-state index contributed by atoms with van der Waals surface area (Å²) in [6.45, 7) is 1.77. The van der Waals surface area contributed by atoms with Gasteiger partial charge in [-0.2, -0.15) is 0 Å². The minimum atomic E-state index is -0.266. The Hall–Kier alpha value is -2.20. The van der Waals surface area contributed by atoms with Gasteiger partial charge in [-0.15, -0.1) is 0 Å². The maximum absolute atomic E-state index is 10.1. The molecule has 110 valence electrons. The summed E-state index contributed by atoms with van der Waals surface area (Å²) in [6.07, 6.45) is 0.187. The zero-order chi connectivity index (χ0) is 15.0. The van der Waals surface area contributed by atoms with E-state index in [0.29, 0.717) is 23.3 Å². The molecule has 4 nitrogen and oxygen atoms in total. The molecule has 0 saturated heterocycles. The van der Waals surface area contributed by atoms with Crippen molar-refractivity contribution in [1.82, 2.24) is 0 Å². The molecule has 21 heavy (non-hydrogen) atoms. The van der Waals surface area contributed by atoms with E-state index in [1.165, 1.54) is 6.07 Å². The Kier molecular flexibility index (Phi) is 3.47. The highest BCUT2D eigenvalue weighted by atomic mass is 16.5. The van der Waals surface area contributed by atoms with E-state index in [-0.39, 0.29) is 23.7 Å². The van der Waals surface area contributed by atoms with Crippen LogP contribution in [0, 0.1) is 6.92 Å². The predicted octanol–water partition coefficient (Wildman–Crippen LogP) is 3.62. The van der Waals surface area contributed by atoms with Gasteiger partial charge in [-0.3, -0.25) is 0 Å². The number of phenols is 2. The fraction of sp³-hybridized carbons (Fsp3) is 0.294. The zero-order valence-electron chi connectivity index (χ0n) is 12.0. The maximum atomic E-state index is 10.1. The molecule has 0 radical (unpaired) electrons. The molecule has 0 saturated carbocycles. The minimum absolute atomic E-state index is 0.00598. The van der Waals surface area contributed by atoms with Crippen molar-refractivity contribution in [2.45, 2.75) is 25.6 Å². The van der Waals surface area contributed by atoms with Crippen LogP contribution in [0.3, 0.4) is 0 Å². The molecule has 0 spiro atoms. The summed E-state index contributed by atoms with van der Waals surface area (Å²) < 4.78 is 11.6. The lowest BCUT2D eigenvalue weighted by atomic mass is 9.92. The van der Waals surface area contributed by atoms with Crippen LogP contribution < -0.4 is 4.74 Å². The third kappa shape index (κ3) is 2.32. The Morgan fingerprint density at radius 2 is 1.86 bits per heavy atom. The van der Waals surface area contributed by atoms with Crippen molar-refractivity contribution in [3.63, 3.8) is 0 Å². The third-order valence-corrected chi connectivity index (χ3v) is 3.98. The number of ether oxygens (including phenoxy) is 2. The second kappa shape index (κ2) is 5.30. The van der Waals surface area contributed by atoms with E-state index in [1.807, 2.05) is 30.3 Å². The first-order valence-electron chi connectivity index (χ1n) is 6.91. The largest absolute Gasteiger partial charge is 0.507 e. The molecule has 3 rings (SSSR count). The molecule has 1 aliphatic rings. The quantitative estimate of drug-likeness (QED) is 0.885. The SMILES string of the molecule is COC1C[C@H](c2ccccc2)Oc2c(C)c(O)cc(O)c21. The number of fused-ring (bicyclic) bond motifs is 1. The lowest BCUT2D eigenvalue weighted by molar-refractivity contribution is 0.0275.